The van der Waals surface area contributed by atoms with Crippen LogP contribution in [0.1, 0.15) is 12.6 Å². The molecule has 0 radical (unpaired) electrons. The molecule has 2 N–H and O–H groups in total. The highest BCUT2D eigenvalue weighted by molar-refractivity contribution is 5.89. The molecular formula is C13H13N5. The molecule has 2 aromatic heterocycles. The number of hydrogen-bond donors (Lipinski definition) is 1. The largest absolute Gasteiger partial charge is 0.383 e. The zero-order chi connectivity index (χ0) is 12.5. The summed E-state index contributed by atoms with van der Waals surface area (Å²) in [5.74, 6) is 0.485. The van der Waals surface area contributed by atoms with Crippen molar-refractivity contribution in [2.24, 2.45) is 0 Å². The molecule has 90 valence electrons. The number of nitrogens with two attached hydrogens (primary N) is 1. The van der Waals surface area contributed by atoms with Gasteiger partial charge >= 0.3 is 0 Å². The first-order valence-corrected chi connectivity index (χ1v) is 5.84. The van der Waals surface area contributed by atoms with E-state index >= 15 is 0 Å². The standard InChI is InChI=1S/C13H13N5/c1-2-10-11-12(14)15-8-16-13(11)18(17-10)9-6-4-3-5-7-9/h3-8H,2H2,1H3,(H2,14,15,16). The normalized spacial score (nSPS) is 10.9. The Kier molecular flexibility index (Phi) is 2.44. The summed E-state index contributed by atoms with van der Waals surface area (Å²) in [5.41, 5.74) is 8.57. The van der Waals surface area contributed by atoms with Crippen LogP contribution in [0, 0.1) is 0 Å². The molecule has 0 unspecified atom stereocenters. The lowest BCUT2D eigenvalue weighted by atomic mass is 10.2. The van der Waals surface area contributed by atoms with Gasteiger partial charge in [0, 0.05) is 0 Å². The summed E-state index contributed by atoms with van der Waals surface area (Å²) in [4.78, 5) is 8.33. The molecule has 18 heavy (non-hydrogen) atoms. The maximum Gasteiger partial charge on any atom is 0.168 e. The summed E-state index contributed by atoms with van der Waals surface area (Å²) in [5, 5.41) is 5.42. The van der Waals surface area contributed by atoms with Crippen molar-refractivity contribution in [2.75, 3.05) is 5.73 Å². The summed E-state index contributed by atoms with van der Waals surface area (Å²) in [6, 6.07) is 9.89. The van der Waals surface area contributed by atoms with Crippen molar-refractivity contribution < 1.29 is 0 Å². The van der Waals surface area contributed by atoms with Crippen LogP contribution in [0.4, 0.5) is 5.82 Å². The van der Waals surface area contributed by atoms with E-state index in [9.17, 15) is 0 Å². The van der Waals surface area contributed by atoms with E-state index in [-0.39, 0.29) is 0 Å². The minimum absolute atomic E-state index is 0.485. The van der Waals surface area contributed by atoms with Crippen LogP contribution < -0.4 is 5.73 Å². The second-order valence-electron chi connectivity index (χ2n) is 4.01. The van der Waals surface area contributed by atoms with Gasteiger partial charge in [0.1, 0.15) is 12.1 Å². The van der Waals surface area contributed by atoms with Gasteiger partial charge in [-0.2, -0.15) is 5.10 Å². The Bertz CT molecular complexity index is 687. The SMILES string of the molecule is CCc1nn(-c2ccccc2)c2ncnc(N)c12. The smallest absolute Gasteiger partial charge is 0.168 e. The number of fused-ring (bicyclic) bond motifs is 1. The van der Waals surface area contributed by atoms with Crippen LogP contribution in [-0.2, 0) is 6.42 Å². The Labute approximate surface area is 104 Å². The number of aryl methyl sites for hydroxylation is 1. The zero-order valence-electron chi connectivity index (χ0n) is 10.0. The maximum atomic E-state index is 5.92. The number of rotatable bonds is 2. The Morgan fingerprint density at radius 1 is 1.17 bits per heavy atom. The first kappa shape index (κ1) is 10.7. The third kappa shape index (κ3) is 1.52. The number of nitrogens with zero attached hydrogens (tertiary/aromatic N) is 4. The lowest BCUT2D eigenvalue weighted by Crippen LogP contribution is -1.98. The van der Waals surface area contributed by atoms with Gasteiger partial charge in [0.2, 0.25) is 0 Å². The number of nitrogen functional groups attached to an aromatic ring is 1. The highest BCUT2D eigenvalue weighted by Crippen LogP contribution is 2.23. The number of hydrogen-bond acceptors (Lipinski definition) is 4. The third-order valence-electron chi connectivity index (χ3n) is 2.90. The highest BCUT2D eigenvalue weighted by atomic mass is 15.3. The van der Waals surface area contributed by atoms with Crippen LogP contribution in [-0.4, -0.2) is 19.7 Å². The van der Waals surface area contributed by atoms with E-state index in [1.807, 2.05) is 41.9 Å². The zero-order valence-corrected chi connectivity index (χ0v) is 10.0. The Balaban J connectivity index is 2.35. The summed E-state index contributed by atoms with van der Waals surface area (Å²) < 4.78 is 1.81. The molecule has 5 nitrogen and oxygen atoms in total. The molecule has 0 bridgehead atoms. The van der Waals surface area contributed by atoms with Crippen LogP contribution in [0.3, 0.4) is 0 Å². The van der Waals surface area contributed by atoms with Crippen LogP contribution in [0.5, 0.6) is 0 Å². The number of para-hydroxylation sites is 1. The summed E-state index contributed by atoms with van der Waals surface area (Å²) in [6.45, 7) is 2.05. The van der Waals surface area contributed by atoms with Crippen LogP contribution in [0.15, 0.2) is 36.7 Å². The van der Waals surface area contributed by atoms with Gasteiger partial charge in [-0.05, 0) is 18.6 Å². The fourth-order valence-electron chi connectivity index (χ4n) is 2.04. The van der Waals surface area contributed by atoms with E-state index in [0.29, 0.717) is 5.82 Å². The molecule has 0 saturated carbocycles. The molecule has 0 aliphatic rings. The predicted molar refractivity (Wildman–Crippen MR) is 70.5 cm³/mol. The molecule has 1 aromatic carbocycles. The Morgan fingerprint density at radius 2 is 1.94 bits per heavy atom. The van der Waals surface area contributed by atoms with E-state index in [0.717, 1.165) is 28.8 Å². The topological polar surface area (TPSA) is 69.6 Å². The highest BCUT2D eigenvalue weighted by Gasteiger charge is 2.14. The van der Waals surface area contributed by atoms with Gasteiger partial charge in [0.05, 0.1) is 16.8 Å². The van der Waals surface area contributed by atoms with Crippen molar-refractivity contribution >= 4 is 16.9 Å². The fourth-order valence-corrected chi connectivity index (χ4v) is 2.04. The fraction of sp³-hybridized carbons (Fsp3) is 0.154. The molecule has 3 rings (SSSR count). The molecule has 0 aliphatic heterocycles. The van der Waals surface area contributed by atoms with Crippen molar-refractivity contribution in [1.82, 2.24) is 19.7 Å². The molecule has 0 spiro atoms. The monoisotopic (exact) mass is 239 g/mol. The lowest BCUT2D eigenvalue weighted by molar-refractivity contribution is 0.854. The van der Waals surface area contributed by atoms with Crippen LogP contribution >= 0.6 is 0 Å². The van der Waals surface area contributed by atoms with E-state index in [1.165, 1.54) is 6.33 Å². The molecule has 0 fully saturated rings. The van der Waals surface area contributed by atoms with E-state index in [2.05, 4.69) is 15.1 Å². The lowest BCUT2D eigenvalue weighted by Gasteiger charge is -2.01. The van der Waals surface area contributed by atoms with Gasteiger partial charge in [-0.3, -0.25) is 0 Å². The minimum atomic E-state index is 0.485. The van der Waals surface area contributed by atoms with Crippen LogP contribution in [0.25, 0.3) is 16.7 Å². The number of benzene rings is 1. The van der Waals surface area contributed by atoms with Gasteiger partial charge < -0.3 is 5.73 Å². The second kappa shape index (κ2) is 4.10. The van der Waals surface area contributed by atoms with Gasteiger partial charge in [0.15, 0.2) is 5.65 Å². The summed E-state index contributed by atoms with van der Waals surface area (Å²) in [6.07, 6.45) is 2.27. The molecule has 0 atom stereocenters. The molecular weight excluding hydrogens is 226 g/mol. The summed E-state index contributed by atoms with van der Waals surface area (Å²) >= 11 is 0. The van der Waals surface area contributed by atoms with Gasteiger partial charge in [-0.25, -0.2) is 14.6 Å². The second-order valence-corrected chi connectivity index (χ2v) is 4.01. The molecule has 0 aliphatic carbocycles. The first-order chi connectivity index (χ1) is 8.81. The van der Waals surface area contributed by atoms with Crippen molar-refractivity contribution in [2.45, 2.75) is 13.3 Å². The van der Waals surface area contributed by atoms with Crippen molar-refractivity contribution in [3.8, 4) is 5.69 Å². The molecule has 0 amide bonds. The quantitative estimate of drug-likeness (QED) is 0.742. The average Bonchev–Trinajstić information content (AvgIpc) is 2.80. The van der Waals surface area contributed by atoms with E-state index in [4.69, 9.17) is 5.73 Å². The van der Waals surface area contributed by atoms with Crippen molar-refractivity contribution in [3.63, 3.8) is 0 Å². The van der Waals surface area contributed by atoms with Gasteiger partial charge in [0.25, 0.3) is 0 Å². The van der Waals surface area contributed by atoms with Crippen molar-refractivity contribution in [3.05, 3.63) is 42.4 Å². The first-order valence-electron chi connectivity index (χ1n) is 5.84. The van der Waals surface area contributed by atoms with Gasteiger partial charge in [-0.15, -0.1) is 0 Å². The molecule has 3 aromatic rings. The summed E-state index contributed by atoms with van der Waals surface area (Å²) in [7, 11) is 0. The average molecular weight is 239 g/mol. The molecule has 0 saturated heterocycles. The number of aromatic nitrogens is 4. The van der Waals surface area contributed by atoms with E-state index in [1.54, 1.807) is 0 Å². The third-order valence-corrected chi connectivity index (χ3v) is 2.90. The maximum absolute atomic E-state index is 5.92. The predicted octanol–water partition coefficient (Wildman–Crippen LogP) is 1.96. The van der Waals surface area contributed by atoms with Crippen molar-refractivity contribution in [1.29, 1.82) is 0 Å². The minimum Gasteiger partial charge on any atom is -0.383 e. The Hall–Kier alpha value is -2.43. The Morgan fingerprint density at radius 3 is 2.67 bits per heavy atom. The van der Waals surface area contributed by atoms with Crippen LogP contribution in [0.2, 0.25) is 0 Å². The molecule has 2 heterocycles. The van der Waals surface area contributed by atoms with Gasteiger partial charge in [-0.1, -0.05) is 25.1 Å². The number of anilines is 1. The molecule has 5 heteroatoms. The van der Waals surface area contributed by atoms with E-state index < -0.39 is 0 Å².